The Kier molecular flexibility index (Phi) is 5.02. The standard InChI is InChI=1S/C19H25N3O3/c1-11(16(23)21-19(4,5)6)20-17(24)13(3)22-12(2)14-9-7-8-10-15(14)18(22)25/h7-11,13H,2H2,1,3-6H3,(H,20,24)(H,21,23)/t11-,13+/m0/s1. The van der Waals surface area contributed by atoms with Crippen molar-refractivity contribution >= 4 is 23.4 Å². The van der Waals surface area contributed by atoms with Gasteiger partial charge in [-0.2, -0.15) is 0 Å². The molecule has 0 radical (unpaired) electrons. The first-order chi connectivity index (χ1) is 11.5. The topological polar surface area (TPSA) is 78.5 Å². The van der Waals surface area contributed by atoms with Crippen LogP contribution in [0, 0.1) is 0 Å². The second kappa shape index (κ2) is 6.70. The maximum atomic E-state index is 12.6. The van der Waals surface area contributed by atoms with E-state index in [0.29, 0.717) is 11.3 Å². The number of nitrogens with zero attached hydrogens (tertiary/aromatic N) is 1. The van der Waals surface area contributed by atoms with E-state index in [1.165, 1.54) is 4.90 Å². The lowest BCUT2D eigenvalue weighted by Gasteiger charge is -2.27. The van der Waals surface area contributed by atoms with E-state index in [1.807, 2.05) is 26.8 Å². The molecular weight excluding hydrogens is 318 g/mol. The van der Waals surface area contributed by atoms with Crippen molar-refractivity contribution in [1.82, 2.24) is 15.5 Å². The minimum atomic E-state index is -0.766. The number of hydrogen-bond donors (Lipinski definition) is 2. The molecule has 0 saturated heterocycles. The molecule has 1 aliphatic rings. The number of nitrogens with one attached hydrogen (secondary N) is 2. The predicted octanol–water partition coefficient (Wildman–Crippen LogP) is 1.92. The Morgan fingerprint density at radius 2 is 1.64 bits per heavy atom. The van der Waals surface area contributed by atoms with Crippen LogP contribution in [0.1, 0.15) is 50.5 Å². The highest BCUT2D eigenvalue weighted by Crippen LogP contribution is 2.32. The fraction of sp³-hybridized carbons (Fsp3) is 0.421. The van der Waals surface area contributed by atoms with Crippen LogP contribution < -0.4 is 10.6 Å². The molecule has 0 bridgehead atoms. The highest BCUT2D eigenvalue weighted by Gasteiger charge is 2.37. The molecule has 2 N–H and O–H groups in total. The van der Waals surface area contributed by atoms with Crippen molar-refractivity contribution in [2.45, 2.75) is 52.2 Å². The molecule has 0 aromatic heterocycles. The maximum Gasteiger partial charge on any atom is 0.259 e. The number of rotatable bonds is 4. The minimum Gasteiger partial charge on any atom is -0.350 e. The molecule has 1 aliphatic heterocycles. The van der Waals surface area contributed by atoms with E-state index in [4.69, 9.17) is 0 Å². The van der Waals surface area contributed by atoms with Crippen molar-refractivity contribution < 1.29 is 14.4 Å². The van der Waals surface area contributed by atoms with Gasteiger partial charge in [-0.1, -0.05) is 24.8 Å². The van der Waals surface area contributed by atoms with Crippen LogP contribution in [0.5, 0.6) is 0 Å². The Morgan fingerprint density at radius 1 is 1.08 bits per heavy atom. The van der Waals surface area contributed by atoms with Gasteiger partial charge in [0.05, 0.1) is 0 Å². The van der Waals surface area contributed by atoms with Crippen molar-refractivity contribution in [3.05, 3.63) is 42.0 Å². The van der Waals surface area contributed by atoms with Gasteiger partial charge in [-0.3, -0.25) is 19.3 Å². The lowest BCUT2D eigenvalue weighted by Crippen LogP contribution is -2.54. The van der Waals surface area contributed by atoms with Gasteiger partial charge in [0.2, 0.25) is 11.8 Å². The summed E-state index contributed by atoms with van der Waals surface area (Å²) in [7, 11) is 0. The quantitative estimate of drug-likeness (QED) is 0.877. The Labute approximate surface area is 148 Å². The normalized spacial score (nSPS) is 16.3. The highest BCUT2D eigenvalue weighted by molar-refractivity contribution is 6.11. The van der Waals surface area contributed by atoms with E-state index in [2.05, 4.69) is 17.2 Å². The van der Waals surface area contributed by atoms with E-state index in [-0.39, 0.29) is 17.4 Å². The molecule has 0 aliphatic carbocycles. The van der Waals surface area contributed by atoms with Crippen molar-refractivity contribution in [2.75, 3.05) is 0 Å². The van der Waals surface area contributed by atoms with E-state index < -0.39 is 18.0 Å². The molecule has 2 atom stereocenters. The summed E-state index contributed by atoms with van der Waals surface area (Å²) in [6.45, 7) is 12.8. The van der Waals surface area contributed by atoms with Crippen LogP contribution in [0.3, 0.4) is 0 Å². The molecule has 2 rings (SSSR count). The Balaban J connectivity index is 2.07. The molecule has 3 amide bonds. The molecule has 0 unspecified atom stereocenters. The maximum absolute atomic E-state index is 12.6. The first-order valence-electron chi connectivity index (χ1n) is 8.27. The number of benzene rings is 1. The van der Waals surface area contributed by atoms with Crippen LogP contribution in [-0.2, 0) is 9.59 Å². The molecule has 0 spiro atoms. The minimum absolute atomic E-state index is 0.255. The van der Waals surface area contributed by atoms with Gasteiger partial charge in [-0.25, -0.2) is 0 Å². The summed E-state index contributed by atoms with van der Waals surface area (Å²) >= 11 is 0. The molecule has 1 aromatic rings. The van der Waals surface area contributed by atoms with E-state index in [9.17, 15) is 14.4 Å². The van der Waals surface area contributed by atoms with Crippen LogP contribution in [0.15, 0.2) is 30.8 Å². The molecule has 1 aromatic carbocycles. The molecule has 6 nitrogen and oxygen atoms in total. The van der Waals surface area contributed by atoms with Gasteiger partial charge in [0, 0.05) is 22.4 Å². The van der Waals surface area contributed by atoms with Crippen LogP contribution in [0.2, 0.25) is 0 Å². The van der Waals surface area contributed by atoms with Crippen molar-refractivity contribution in [2.24, 2.45) is 0 Å². The van der Waals surface area contributed by atoms with Gasteiger partial charge in [-0.15, -0.1) is 0 Å². The van der Waals surface area contributed by atoms with Gasteiger partial charge in [0.25, 0.3) is 5.91 Å². The molecule has 25 heavy (non-hydrogen) atoms. The lowest BCUT2D eigenvalue weighted by molar-refractivity contribution is -0.131. The van der Waals surface area contributed by atoms with Crippen LogP contribution in [0.4, 0.5) is 0 Å². The number of carbonyl (C=O) groups excluding carboxylic acids is 3. The van der Waals surface area contributed by atoms with E-state index in [1.54, 1.807) is 32.0 Å². The third-order valence-electron chi connectivity index (χ3n) is 3.99. The zero-order valence-electron chi connectivity index (χ0n) is 15.3. The first-order valence-corrected chi connectivity index (χ1v) is 8.27. The Hall–Kier alpha value is -2.63. The molecule has 0 fully saturated rings. The third-order valence-corrected chi connectivity index (χ3v) is 3.99. The molecule has 1 heterocycles. The van der Waals surface area contributed by atoms with Gasteiger partial charge in [0.15, 0.2) is 0 Å². The molecule has 134 valence electrons. The SMILES string of the molecule is C=C1c2ccccc2C(=O)N1[C@H](C)C(=O)N[C@@H](C)C(=O)NC(C)(C)C. The van der Waals surface area contributed by atoms with Crippen LogP contribution >= 0.6 is 0 Å². The molecule has 0 saturated carbocycles. The highest BCUT2D eigenvalue weighted by atomic mass is 16.2. The fourth-order valence-corrected chi connectivity index (χ4v) is 2.71. The summed E-state index contributed by atoms with van der Waals surface area (Å²) in [6.07, 6.45) is 0. The number of fused-ring (bicyclic) bond motifs is 1. The molecular formula is C19H25N3O3. The summed E-state index contributed by atoms with van der Waals surface area (Å²) in [5.41, 5.74) is 1.37. The predicted molar refractivity (Wildman–Crippen MR) is 96.6 cm³/mol. The van der Waals surface area contributed by atoms with Gasteiger partial charge >= 0.3 is 0 Å². The monoisotopic (exact) mass is 343 g/mol. The summed E-state index contributed by atoms with van der Waals surface area (Å²) in [4.78, 5) is 38.6. The van der Waals surface area contributed by atoms with Gasteiger partial charge < -0.3 is 10.6 Å². The zero-order chi connectivity index (χ0) is 18.9. The third kappa shape index (κ3) is 3.90. The smallest absolute Gasteiger partial charge is 0.259 e. The number of hydrogen-bond acceptors (Lipinski definition) is 3. The Bertz CT molecular complexity index is 699. The van der Waals surface area contributed by atoms with Crippen LogP contribution in [-0.4, -0.2) is 40.2 Å². The summed E-state index contributed by atoms with van der Waals surface area (Å²) in [5.74, 6) is -0.933. The Morgan fingerprint density at radius 3 is 2.16 bits per heavy atom. The zero-order valence-corrected chi connectivity index (χ0v) is 15.3. The second-order valence-electron chi connectivity index (χ2n) is 7.31. The van der Waals surface area contributed by atoms with Crippen LogP contribution in [0.25, 0.3) is 5.70 Å². The van der Waals surface area contributed by atoms with Crippen molar-refractivity contribution in [1.29, 1.82) is 0 Å². The summed E-state index contributed by atoms with van der Waals surface area (Å²) in [6, 6.07) is 5.65. The fourth-order valence-electron chi connectivity index (χ4n) is 2.71. The summed E-state index contributed by atoms with van der Waals surface area (Å²) < 4.78 is 0. The average molecular weight is 343 g/mol. The van der Waals surface area contributed by atoms with Gasteiger partial charge in [-0.05, 0) is 40.7 Å². The van der Waals surface area contributed by atoms with Crippen molar-refractivity contribution in [3.63, 3.8) is 0 Å². The lowest BCUT2D eigenvalue weighted by atomic mass is 10.1. The van der Waals surface area contributed by atoms with Crippen molar-refractivity contribution in [3.8, 4) is 0 Å². The van der Waals surface area contributed by atoms with Gasteiger partial charge in [0.1, 0.15) is 12.1 Å². The van der Waals surface area contributed by atoms with E-state index >= 15 is 0 Å². The second-order valence-corrected chi connectivity index (χ2v) is 7.31. The summed E-state index contributed by atoms with van der Waals surface area (Å²) in [5, 5.41) is 5.47. The number of carbonyl (C=O) groups is 3. The van der Waals surface area contributed by atoms with E-state index in [0.717, 1.165) is 5.56 Å². The first kappa shape index (κ1) is 18.7. The number of amides is 3. The molecule has 6 heteroatoms. The largest absolute Gasteiger partial charge is 0.350 e. The average Bonchev–Trinajstić information content (AvgIpc) is 2.77.